The minimum atomic E-state index is -0.163. The summed E-state index contributed by atoms with van der Waals surface area (Å²) in [6, 6.07) is 8.62. The van der Waals surface area contributed by atoms with Gasteiger partial charge >= 0.3 is 0 Å². The zero-order valence-corrected chi connectivity index (χ0v) is 9.45. The molecule has 1 aliphatic rings. The van der Waals surface area contributed by atoms with Gasteiger partial charge in [0.1, 0.15) is 0 Å². The molecule has 0 aromatic heterocycles. The van der Waals surface area contributed by atoms with Crippen molar-refractivity contribution >= 4 is 0 Å². The van der Waals surface area contributed by atoms with Gasteiger partial charge in [-0.3, -0.25) is 0 Å². The maximum Gasteiger partial charge on any atom is 0.0606 e. The molecule has 0 bridgehead atoms. The molecule has 82 valence electrons. The van der Waals surface area contributed by atoms with Crippen LogP contribution >= 0.6 is 0 Å². The predicted molar refractivity (Wildman–Crippen MR) is 63.0 cm³/mol. The van der Waals surface area contributed by atoms with Gasteiger partial charge < -0.3 is 5.11 Å². The summed E-state index contributed by atoms with van der Waals surface area (Å²) in [7, 11) is 0. The molecule has 0 radical (unpaired) electrons. The van der Waals surface area contributed by atoms with E-state index < -0.39 is 0 Å². The van der Waals surface area contributed by atoms with Crippen LogP contribution in [0.25, 0.3) is 0 Å². The van der Waals surface area contributed by atoms with Crippen molar-refractivity contribution in [1.82, 2.24) is 0 Å². The second-order valence-electron chi connectivity index (χ2n) is 4.53. The van der Waals surface area contributed by atoms with Gasteiger partial charge in [0.05, 0.1) is 6.10 Å². The lowest BCUT2D eigenvalue weighted by Crippen LogP contribution is -2.17. The van der Waals surface area contributed by atoms with Crippen LogP contribution in [0.4, 0.5) is 0 Å². The van der Waals surface area contributed by atoms with Crippen molar-refractivity contribution in [2.75, 3.05) is 0 Å². The normalized spacial score (nSPS) is 22.9. The van der Waals surface area contributed by atoms with E-state index in [1.807, 2.05) is 0 Å². The van der Waals surface area contributed by atoms with E-state index in [1.54, 1.807) is 0 Å². The van der Waals surface area contributed by atoms with Gasteiger partial charge in [-0.2, -0.15) is 0 Å². The van der Waals surface area contributed by atoms with Crippen LogP contribution in [-0.4, -0.2) is 11.2 Å². The van der Waals surface area contributed by atoms with Gasteiger partial charge in [0.15, 0.2) is 0 Å². The Hall–Kier alpha value is -0.820. The molecule has 2 rings (SSSR count). The molecule has 0 aliphatic heterocycles. The Kier molecular flexibility index (Phi) is 3.42. The van der Waals surface area contributed by atoms with Crippen molar-refractivity contribution in [2.24, 2.45) is 0 Å². The zero-order chi connectivity index (χ0) is 10.7. The quantitative estimate of drug-likeness (QED) is 0.733. The van der Waals surface area contributed by atoms with Crippen molar-refractivity contribution in [2.45, 2.75) is 51.0 Å². The Labute approximate surface area is 92.1 Å². The summed E-state index contributed by atoms with van der Waals surface area (Å²) in [5.74, 6) is 0.369. The monoisotopic (exact) mass is 204 g/mol. The average Bonchev–Trinajstić information content (AvgIpc) is 2.50. The van der Waals surface area contributed by atoms with Gasteiger partial charge in [-0.1, -0.05) is 37.6 Å². The Bertz CT molecular complexity index is 319. The van der Waals surface area contributed by atoms with Gasteiger partial charge in [-0.25, -0.2) is 0 Å². The lowest BCUT2D eigenvalue weighted by molar-refractivity contribution is 0.134. The van der Waals surface area contributed by atoms with E-state index in [-0.39, 0.29) is 6.10 Å². The highest BCUT2D eigenvalue weighted by Gasteiger charge is 2.23. The SMILES string of the molecule is CCC(O)C1CCCCc2ccccc21. The minimum Gasteiger partial charge on any atom is -0.393 e. The average molecular weight is 204 g/mol. The molecule has 0 saturated heterocycles. The number of hydrogen-bond acceptors (Lipinski definition) is 1. The van der Waals surface area contributed by atoms with Gasteiger partial charge in [-0.05, 0) is 36.8 Å². The van der Waals surface area contributed by atoms with Crippen molar-refractivity contribution in [3.8, 4) is 0 Å². The van der Waals surface area contributed by atoms with Gasteiger partial charge in [-0.15, -0.1) is 0 Å². The topological polar surface area (TPSA) is 20.2 Å². The molecule has 2 atom stereocenters. The largest absolute Gasteiger partial charge is 0.393 e. The van der Waals surface area contributed by atoms with Gasteiger partial charge in [0.2, 0.25) is 0 Å². The fourth-order valence-corrected chi connectivity index (χ4v) is 2.64. The molecular weight excluding hydrogens is 184 g/mol. The second-order valence-corrected chi connectivity index (χ2v) is 4.53. The van der Waals surface area contributed by atoms with E-state index in [4.69, 9.17) is 0 Å². The first-order chi connectivity index (χ1) is 7.33. The number of fused-ring (bicyclic) bond motifs is 1. The summed E-state index contributed by atoms with van der Waals surface area (Å²) in [5.41, 5.74) is 2.84. The molecule has 0 fully saturated rings. The third-order valence-electron chi connectivity index (χ3n) is 3.55. The van der Waals surface area contributed by atoms with Crippen LogP contribution in [0.5, 0.6) is 0 Å². The molecule has 1 aromatic carbocycles. The lowest BCUT2D eigenvalue weighted by Gasteiger charge is -2.22. The third kappa shape index (κ3) is 2.23. The first-order valence-corrected chi connectivity index (χ1v) is 6.08. The van der Waals surface area contributed by atoms with Gasteiger partial charge in [0.25, 0.3) is 0 Å². The number of aryl methyl sites for hydroxylation is 1. The minimum absolute atomic E-state index is 0.163. The predicted octanol–water partition coefficient (Wildman–Crippen LogP) is 3.27. The summed E-state index contributed by atoms with van der Waals surface area (Å²) < 4.78 is 0. The van der Waals surface area contributed by atoms with Crippen molar-refractivity contribution in [3.05, 3.63) is 35.4 Å². The van der Waals surface area contributed by atoms with Crippen LogP contribution in [-0.2, 0) is 6.42 Å². The number of rotatable bonds is 2. The fourth-order valence-electron chi connectivity index (χ4n) is 2.64. The lowest BCUT2D eigenvalue weighted by atomic mass is 9.87. The van der Waals surface area contributed by atoms with Crippen LogP contribution in [0.1, 0.15) is 49.7 Å². The molecule has 1 heteroatoms. The van der Waals surface area contributed by atoms with Gasteiger partial charge in [0, 0.05) is 5.92 Å². The molecule has 1 aliphatic carbocycles. The van der Waals surface area contributed by atoms with Crippen LogP contribution in [0.3, 0.4) is 0 Å². The summed E-state index contributed by atoms with van der Waals surface area (Å²) in [6.07, 6.45) is 5.54. The molecule has 0 heterocycles. The molecule has 1 aromatic rings. The van der Waals surface area contributed by atoms with Crippen LogP contribution in [0, 0.1) is 0 Å². The third-order valence-corrected chi connectivity index (χ3v) is 3.55. The van der Waals surface area contributed by atoms with E-state index in [9.17, 15) is 5.11 Å². The van der Waals surface area contributed by atoms with E-state index in [0.717, 1.165) is 12.8 Å². The molecule has 0 amide bonds. The first kappa shape index (κ1) is 10.7. The molecule has 15 heavy (non-hydrogen) atoms. The van der Waals surface area contributed by atoms with Crippen molar-refractivity contribution < 1.29 is 5.11 Å². The van der Waals surface area contributed by atoms with E-state index in [2.05, 4.69) is 31.2 Å². The molecule has 1 N–H and O–H groups in total. The van der Waals surface area contributed by atoms with E-state index in [0.29, 0.717) is 5.92 Å². The number of hydrogen-bond donors (Lipinski definition) is 1. The van der Waals surface area contributed by atoms with Crippen LogP contribution in [0.15, 0.2) is 24.3 Å². The summed E-state index contributed by atoms with van der Waals surface area (Å²) in [4.78, 5) is 0. The Balaban J connectivity index is 2.32. The molecule has 1 nitrogen and oxygen atoms in total. The smallest absolute Gasteiger partial charge is 0.0606 e. The van der Waals surface area contributed by atoms with E-state index >= 15 is 0 Å². The van der Waals surface area contributed by atoms with Crippen LogP contribution < -0.4 is 0 Å². The maximum atomic E-state index is 10.1. The van der Waals surface area contributed by atoms with Crippen molar-refractivity contribution in [3.63, 3.8) is 0 Å². The Morgan fingerprint density at radius 1 is 1.33 bits per heavy atom. The maximum absolute atomic E-state index is 10.1. The van der Waals surface area contributed by atoms with E-state index in [1.165, 1.54) is 30.4 Å². The zero-order valence-electron chi connectivity index (χ0n) is 9.45. The van der Waals surface area contributed by atoms with Crippen LogP contribution in [0.2, 0.25) is 0 Å². The Morgan fingerprint density at radius 2 is 2.13 bits per heavy atom. The molecule has 0 spiro atoms. The fraction of sp³-hybridized carbons (Fsp3) is 0.571. The number of aliphatic hydroxyl groups excluding tert-OH is 1. The molecule has 2 unspecified atom stereocenters. The first-order valence-electron chi connectivity index (χ1n) is 6.08. The van der Waals surface area contributed by atoms with Crippen molar-refractivity contribution in [1.29, 1.82) is 0 Å². The molecular formula is C14H20O. The summed E-state index contributed by atoms with van der Waals surface area (Å²) in [5, 5.41) is 10.1. The Morgan fingerprint density at radius 3 is 2.93 bits per heavy atom. The standard InChI is InChI=1S/C14H20O/c1-2-14(15)13-10-6-4-8-11-7-3-5-9-12(11)13/h3,5,7,9,13-15H,2,4,6,8,10H2,1H3. The highest BCUT2D eigenvalue weighted by Crippen LogP contribution is 2.33. The summed E-state index contributed by atoms with van der Waals surface area (Å²) in [6.45, 7) is 2.07. The number of benzene rings is 1. The number of aliphatic hydroxyl groups is 1. The summed E-state index contributed by atoms with van der Waals surface area (Å²) >= 11 is 0. The highest BCUT2D eigenvalue weighted by atomic mass is 16.3. The second kappa shape index (κ2) is 4.80. The highest BCUT2D eigenvalue weighted by molar-refractivity contribution is 5.32. The molecule has 0 saturated carbocycles.